The first-order valence-electron chi connectivity index (χ1n) is 25.3. The van der Waals surface area contributed by atoms with E-state index in [-0.39, 0.29) is 37.1 Å². The molecule has 15 nitrogen and oxygen atoms in total. The van der Waals surface area contributed by atoms with Crippen molar-refractivity contribution in [3.05, 3.63) is 40.2 Å². The molecule has 1 aliphatic rings. The highest BCUT2D eigenvalue weighted by Gasteiger charge is 2.55. The highest BCUT2D eigenvalue weighted by Crippen LogP contribution is 2.44. The molecule has 1 amide bonds. The quantitative estimate of drug-likeness (QED) is 0.0164. The number of benzene rings is 1. The predicted molar refractivity (Wildman–Crippen MR) is 268 cm³/mol. The van der Waals surface area contributed by atoms with Gasteiger partial charge in [0, 0.05) is 34.9 Å². The Morgan fingerprint density at radius 1 is 0.838 bits per heavy atom. The van der Waals surface area contributed by atoms with E-state index < -0.39 is 43.6 Å². The van der Waals surface area contributed by atoms with Gasteiger partial charge in [0.05, 0.1) is 39.2 Å². The number of aryl methyl sites for hydroxylation is 1. The van der Waals surface area contributed by atoms with Crippen molar-refractivity contribution in [1.82, 2.24) is 10.4 Å². The Morgan fingerprint density at radius 2 is 1.41 bits per heavy atom. The standard InChI is InChI=1S/C51H85N3O12PS/c1-40-36-47(56)65-44-37-41(29-30-42(40)44)68-35-27-23-19-15-10-9-14-18-22-26-33-62-49(58)45(39-64-67(60,61)63-34-32-54(6,7)8)66-46(55)28-24-20-16-12-11-13-17-21-25-31-52-48(57)43-38-50(2,3)53(59)51(43,4)5/h29-30,36-37,43,45H,9-28,31-35,38-39H2,1-8H3,(H-,52,57,60,61)/p+1. The van der Waals surface area contributed by atoms with Gasteiger partial charge >= 0.3 is 25.4 Å². The van der Waals surface area contributed by atoms with Crippen LogP contribution in [-0.4, -0.2) is 109 Å². The Labute approximate surface area is 411 Å². The fraction of sp³-hybridized carbons (Fsp3) is 0.765. The minimum Gasteiger partial charge on any atom is -0.463 e. The highest BCUT2D eigenvalue weighted by molar-refractivity contribution is 7.99. The molecular formula is C51H86N3O12PS+. The van der Waals surface area contributed by atoms with E-state index in [4.69, 9.17) is 22.9 Å². The monoisotopic (exact) mass is 996 g/mol. The Hall–Kier alpha value is -2.82. The number of phosphoric ester groups is 1. The van der Waals surface area contributed by atoms with Gasteiger partial charge in [0.15, 0.2) is 0 Å². The van der Waals surface area contributed by atoms with Crippen molar-refractivity contribution in [2.75, 3.05) is 59.8 Å². The van der Waals surface area contributed by atoms with Crippen LogP contribution in [0.4, 0.5) is 0 Å². The molecule has 0 saturated carbocycles. The van der Waals surface area contributed by atoms with Crippen LogP contribution < -0.4 is 10.9 Å². The van der Waals surface area contributed by atoms with Gasteiger partial charge in [-0.05, 0) is 96.2 Å². The molecule has 1 saturated heterocycles. The molecule has 3 rings (SSSR count). The average molecular weight is 996 g/mol. The lowest BCUT2D eigenvalue weighted by Crippen LogP contribution is -2.49. The van der Waals surface area contributed by atoms with E-state index in [9.17, 15) is 33.8 Å². The number of fused-ring (bicyclic) bond motifs is 1. The van der Waals surface area contributed by atoms with Gasteiger partial charge in [-0.2, -0.15) is 0 Å². The van der Waals surface area contributed by atoms with Crippen LogP contribution in [-0.2, 0) is 42.7 Å². The number of quaternary nitrogens is 1. The van der Waals surface area contributed by atoms with Crippen molar-refractivity contribution >= 4 is 48.4 Å². The van der Waals surface area contributed by atoms with Gasteiger partial charge < -0.3 is 28.6 Å². The number of hydroxylamine groups is 2. The number of hydrogen-bond acceptors (Lipinski definition) is 12. The number of ether oxygens (including phenoxy) is 2. The van der Waals surface area contributed by atoms with Crippen LogP contribution in [0.2, 0.25) is 0 Å². The number of carbonyl (C=O) groups excluding carboxylic acids is 3. The van der Waals surface area contributed by atoms with Crippen LogP contribution in [0.1, 0.15) is 168 Å². The summed E-state index contributed by atoms with van der Waals surface area (Å²) in [6.45, 7) is 9.91. The lowest BCUT2D eigenvalue weighted by atomic mass is 9.86. The van der Waals surface area contributed by atoms with Gasteiger partial charge in [-0.25, -0.2) is 14.2 Å². The molecule has 0 bridgehead atoms. The lowest BCUT2D eigenvalue weighted by molar-refractivity contribution is -0.870. The zero-order valence-electron chi connectivity index (χ0n) is 42.7. The highest BCUT2D eigenvalue weighted by atomic mass is 32.2. The number of esters is 2. The molecule has 1 aliphatic heterocycles. The van der Waals surface area contributed by atoms with Gasteiger partial charge in [-0.15, -0.1) is 22.0 Å². The van der Waals surface area contributed by atoms with E-state index in [0.29, 0.717) is 42.4 Å². The fourth-order valence-corrected chi connectivity index (χ4v) is 10.2. The molecule has 0 aliphatic carbocycles. The Morgan fingerprint density at radius 3 is 2.00 bits per heavy atom. The molecule has 1 aromatic heterocycles. The van der Waals surface area contributed by atoms with Crippen LogP contribution >= 0.6 is 19.6 Å². The third-order valence-corrected chi connectivity index (χ3v) is 14.8. The summed E-state index contributed by atoms with van der Waals surface area (Å²) in [5.74, 6) is -0.750. The summed E-state index contributed by atoms with van der Waals surface area (Å²) < 4.78 is 39.5. The van der Waals surface area contributed by atoms with Gasteiger partial charge in [-0.3, -0.25) is 18.6 Å². The van der Waals surface area contributed by atoms with Gasteiger partial charge in [0.1, 0.15) is 25.3 Å². The number of thioether (sulfide) groups is 1. The van der Waals surface area contributed by atoms with Crippen LogP contribution in [0.25, 0.3) is 11.0 Å². The largest absolute Gasteiger partial charge is 0.472 e. The molecule has 2 heterocycles. The van der Waals surface area contributed by atoms with E-state index in [2.05, 4.69) is 11.4 Å². The molecule has 1 fully saturated rings. The molecule has 1 radical (unpaired) electrons. The van der Waals surface area contributed by atoms with E-state index in [0.717, 1.165) is 110 Å². The minimum absolute atomic E-state index is 0.0369. The van der Waals surface area contributed by atoms with Crippen molar-refractivity contribution in [2.24, 2.45) is 5.92 Å². The summed E-state index contributed by atoms with van der Waals surface area (Å²) in [5.41, 5.74) is -0.00920. The first-order valence-corrected chi connectivity index (χ1v) is 27.8. The average Bonchev–Trinajstić information content (AvgIpc) is 3.42. The summed E-state index contributed by atoms with van der Waals surface area (Å²) in [7, 11) is 1.24. The van der Waals surface area contributed by atoms with Crippen molar-refractivity contribution in [3.8, 4) is 0 Å². The number of nitrogens with zero attached hydrogens (tertiary/aromatic N) is 2. The first-order chi connectivity index (χ1) is 32.1. The number of likely N-dealkylation sites (N-methyl/N-ethyl adjacent to an activating group) is 1. The molecule has 2 N–H and O–H groups in total. The SMILES string of the molecule is Cc1cc(=O)oc2cc(SCCCCCCCCCCCCOC(=O)C(COP(=O)(O)OCC[N+](C)(C)C)OC(=O)CCCCCCCCCCCNC(=O)C3CC(C)(C)N([O])C3(C)C)ccc12. The third-order valence-electron chi connectivity index (χ3n) is 12.7. The van der Waals surface area contributed by atoms with E-state index in [1.165, 1.54) is 31.7 Å². The van der Waals surface area contributed by atoms with Gasteiger partial charge in [-0.1, -0.05) is 96.3 Å². The minimum atomic E-state index is -4.51. The van der Waals surface area contributed by atoms with E-state index in [1.54, 1.807) is 11.8 Å². The maximum Gasteiger partial charge on any atom is 0.472 e. The second-order valence-corrected chi connectivity index (χ2v) is 23.4. The number of rotatable bonds is 36. The summed E-state index contributed by atoms with van der Waals surface area (Å²) in [6.07, 6.45) is 18.4. The van der Waals surface area contributed by atoms with Crippen molar-refractivity contribution < 1.29 is 56.5 Å². The summed E-state index contributed by atoms with van der Waals surface area (Å²) >= 11 is 1.79. The predicted octanol–water partition coefficient (Wildman–Crippen LogP) is 10.6. The smallest absolute Gasteiger partial charge is 0.463 e. The number of nitrogens with one attached hydrogen (secondary N) is 1. The summed E-state index contributed by atoms with van der Waals surface area (Å²) in [6, 6.07) is 7.59. The van der Waals surface area contributed by atoms with Crippen LogP contribution in [0.5, 0.6) is 0 Å². The molecule has 2 aromatic rings. The molecule has 387 valence electrons. The second kappa shape index (κ2) is 30.1. The Kier molecular flexibility index (Phi) is 26.4. The molecule has 1 aromatic carbocycles. The van der Waals surface area contributed by atoms with Crippen LogP contribution in [0, 0.1) is 12.8 Å². The number of hydrogen-bond donors (Lipinski definition) is 2. The third kappa shape index (κ3) is 22.9. The second-order valence-electron chi connectivity index (χ2n) is 20.8. The zero-order valence-corrected chi connectivity index (χ0v) is 44.5. The zero-order chi connectivity index (χ0) is 50.2. The van der Waals surface area contributed by atoms with Gasteiger partial charge in [0.25, 0.3) is 0 Å². The normalized spacial score (nSPS) is 17.2. The Balaban J connectivity index is 1.23. The number of amides is 1. The molecular weight excluding hydrogens is 910 g/mol. The number of carbonyl (C=O) groups is 3. The van der Waals surface area contributed by atoms with E-state index in [1.807, 2.05) is 67.9 Å². The topological polar surface area (TPSA) is 191 Å². The number of phosphoric acid groups is 1. The maximum absolute atomic E-state index is 13.0. The van der Waals surface area contributed by atoms with Crippen molar-refractivity contribution in [1.29, 1.82) is 0 Å². The van der Waals surface area contributed by atoms with Crippen molar-refractivity contribution in [3.63, 3.8) is 0 Å². The number of unbranched alkanes of at least 4 members (excludes halogenated alkanes) is 17. The van der Waals surface area contributed by atoms with Crippen LogP contribution in [0.3, 0.4) is 0 Å². The molecule has 3 atom stereocenters. The lowest BCUT2D eigenvalue weighted by Gasteiger charge is -2.33. The molecule has 3 unspecified atom stereocenters. The first kappa shape index (κ1) is 59.5. The Bertz CT molecular complexity index is 1940. The molecule has 68 heavy (non-hydrogen) atoms. The fourth-order valence-electron chi connectivity index (χ4n) is 8.60. The molecule has 0 spiro atoms. The van der Waals surface area contributed by atoms with E-state index >= 15 is 0 Å². The van der Waals surface area contributed by atoms with Crippen molar-refractivity contribution in [2.45, 2.75) is 192 Å². The van der Waals surface area contributed by atoms with Crippen LogP contribution in [0.15, 0.2) is 38.4 Å². The summed E-state index contributed by atoms with van der Waals surface area (Å²) in [4.78, 5) is 61.7. The van der Waals surface area contributed by atoms with Gasteiger partial charge in [0.2, 0.25) is 12.0 Å². The maximum atomic E-state index is 13.0. The molecule has 17 heteroatoms. The summed E-state index contributed by atoms with van der Waals surface area (Å²) in [5, 5.41) is 17.7.